The SMILES string of the molecule is C[C@@H](OS(=O)(=O)C(F)(F)F)C(=O)N1[C@H](C(=O)OCc2ccccc2)C[C@@H]2CCC[C@@H]21. The first-order chi connectivity index (χ1) is 14.0. The summed E-state index contributed by atoms with van der Waals surface area (Å²) in [6.07, 6.45) is 0.564. The van der Waals surface area contributed by atoms with Crippen LogP contribution in [0.4, 0.5) is 13.2 Å². The fourth-order valence-corrected chi connectivity index (χ4v) is 4.71. The molecule has 3 rings (SSSR count). The molecule has 166 valence electrons. The maximum atomic E-state index is 12.8. The first kappa shape index (κ1) is 22.5. The minimum atomic E-state index is -5.94. The molecule has 1 aliphatic carbocycles. The van der Waals surface area contributed by atoms with Gasteiger partial charge in [-0.1, -0.05) is 36.8 Å². The van der Waals surface area contributed by atoms with Crippen molar-refractivity contribution in [2.45, 2.75) is 62.9 Å². The van der Waals surface area contributed by atoms with Crippen LogP contribution in [0.5, 0.6) is 0 Å². The first-order valence-corrected chi connectivity index (χ1v) is 10.9. The normalized spacial score (nSPS) is 25.1. The Labute approximate surface area is 172 Å². The van der Waals surface area contributed by atoms with Gasteiger partial charge in [-0.05, 0) is 37.7 Å². The van der Waals surface area contributed by atoms with Crippen molar-refractivity contribution in [3.8, 4) is 0 Å². The zero-order chi connectivity index (χ0) is 22.1. The number of amides is 1. The highest BCUT2D eigenvalue weighted by Crippen LogP contribution is 2.42. The third-order valence-electron chi connectivity index (χ3n) is 5.49. The molecular weight excluding hydrogens is 427 g/mol. The zero-order valence-corrected chi connectivity index (χ0v) is 17.0. The molecule has 1 saturated heterocycles. The maximum absolute atomic E-state index is 12.8. The highest BCUT2D eigenvalue weighted by Gasteiger charge is 2.53. The molecule has 1 aromatic carbocycles. The molecule has 0 unspecified atom stereocenters. The molecule has 1 aliphatic heterocycles. The molecule has 2 aliphatic rings. The third kappa shape index (κ3) is 4.61. The summed E-state index contributed by atoms with van der Waals surface area (Å²) in [5.41, 5.74) is -4.90. The fraction of sp³-hybridized carbons (Fsp3) is 0.579. The van der Waals surface area contributed by atoms with Crippen molar-refractivity contribution in [1.82, 2.24) is 4.90 Å². The fourth-order valence-electron chi connectivity index (χ4n) is 4.14. The van der Waals surface area contributed by atoms with Gasteiger partial charge in [0.25, 0.3) is 5.91 Å². The predicted octanol–water partition coefficient (Wildman–Crippen LogP) is 2.75. The third-order valence-corrected chi connectivity index (χ3v) is 6.60. The Kier molecular flexibility index (Phi) is 6.42. The van der Waals surface area contributed by atoms with Crippen molar-refractivity contribution in [3.63, 3.8) is 0 Å². The number of ether oxygens (including phenoxy) is 1. The van der Waals surface area contributed by atoms with E-state index in [4.69, 9.17) is 4.74 Å². The number of carbonyl (C=O) groups is 2. The molecule has 4 atom stereocenters. The van der Waals surface area contributed by atoms with Crippen molar-refractivity contribution < 1.29 is 40.1 Å². The Morgan fingerprint density at radius 3 is 2.50 bits per heavy atom. The number of benzene rings is 1. The molecule has 11 heteroatoms. The number of likely N-dealkylation sites (tertiary alicyclic amines) is 1. The predicted molar refractivity (Wildman–Crippen MR) is 98.1 cm³/mol. The van der Waals surface area contributed by atoms with Crippen molar-refractivity contribution in [3.05, 3.63) is 35.9 Å². The van der Waals surface area contributed by atoms with Crippen LogP contribution in [0.1, 0.15) is 38.2 Å². The van der Waals surface area contributed by atoms with Gasteiger partial charge in [-0.15, -0.1) is 0 Å². The first-order valence-electron chi connectivity index (χ1n) is 9.53. The van der Waals surface area contributed by atoms with Crippen molar-refractivity contribution in [2.24, 2.45) is 5.92 Å². The van der Waals surface area contributed by atoms with Gasteiger partial charge in [-0.25, -0.2) is 4.79 Å². The van der Waals surface area contributed by atoms with Crippen molar-refractivity contribution >= 4 is 22.0 Å². The molecule has 1 amide bonds. The zero-order valence-electron chi connectivity index (χ0n) is 16.2. The van der Waals surface area contributed by atoms with E-state index in [-0.39, 0.29) is 18.6 Å². The van der Waals surface area contributed by atoms with Crippen LogP contribution in [-0.2, 0) is 35.2 Å². The number of rotatable bonds is 6. The van der Waals surface area contributed by atoms with Crippen LogP contribution in [0, 0.1) is 5.92 Å². The molecule has 1 saturated carbocycles. The van der Waals surface area contributed by atoms with Crippen LogP contribution in [0.2, 0.25) is 0 Å². The Hall–Kier alpha value is -2.14. The van der Waals surface area contributed by atoms with Crippen LogP contribution in [0.15, 0.2) is 30.3 Å². The molecule has 0 radical (unpaired) electrons. The Morgan fingerprint density at radius 1 is 1.20 bits per heavy atom. The van der Waals surface area contributed by atoms with Crippen molar-refractivity contribution in [1.29, 1.82) is 0 Å². The monoisotopic (exact) mass is 449 g/mol. The van der Waals surface area contributed by atoms with Crippen LogP contribution >= 0.6 is 0 Å². The van der Waals surface area contributed by atoms with Gasteiger partial charge in [-0.2, -0.15) is 21.6 Å². The van der Waals surface area contributed by atoms with Gasteiger partial charge < -0.3 is 9.64 Å². The van der Waals surface area contributed by atoms with Gasteiger partial charge in [0, 0.05) is 6.04 Å². The molecule has 2 fully saturated rings. The molecular formula is C19H22F3NO6S. The number of hydrogen-bond acceptors (Lipinski definition) is 6. The Balaban J connectivity index is 1.73. The standard InChI is InChI=1S/C19H22F3NO6S/c1-12(29-30(26,27)19(20,21)22)17(24)23-15-9-5-8-14(15)10-16(23)18(25)28-11-13-6-3-2-4-7-13/h2-4,6-7,12,14-16H,5,8-11H2,1H3/t12-,14+,15+,16+/m1/s1. The van der Waals surface area contributed by atoms with Crippen LogP contribution in [0.25, 0.3) is 0 Å². The summed E-state index contributed by atoms with van der Waals surface area (Å²) in [5.74, 6) is -1.64. The molecule has 7 nitrogen and oxygen atoms in total. The van der Waals surface area contributed by atoms with Gasteiger partial charge in [-0.3, -0.25) is 8.98 Å². The van der Waals surface area contributed by atoms with E-state index in [1.807, 2.05) is 0 Å². The number of esters is 1. The van der Waals surface area contributed by atoms with Gasteiger partial charge in [0.15, 0.2) is 6.10 Å². The van der Waals surface area contributed by atoms with E-state index in [0.717, 1.165) is 25.3 Å². The molecule has 0 aromatic heterocycles. The van der Waals surface area contributed by atoms with E-state index in [1.54, 1.807) is 30.3 Å². The van der Waals surface area contributed by atoms with Crippen LogP contribution in [0.3, 0.4) is 0 Å². The second-order valence-electron chi connectivity index (χ2n) is 7.49. The Bertz CT molecular complexity index is 889. The van der Waals surface area contributed by atoms with E-state index in [2.05, 4.69) is 4.18 Å². The lowest BCUT2D eigenvalue weighted by Crippen LogP contribution is -2.50. The average molecular weight is 449 g/mol. The molecule has 0 bridgehead atoms. The van der Waals surface area contributed by atoms with Crippen LogP contribution in [-0.4, -0.2) is 48.9 Å². The molecule has 1 heterocycles. The summed E-state index contributed by atoms with van der Waals surface area (Å²) < 4.78 is 69.8. The summed E-state index contributed by atoms with van der Waals surface area (Å²) in [6, 6.07) is 7.54. The topological polar surface area (TPSA) is 90.0 Å². The highest BCUT2D eigenvalue weighted by atomic mass is 32.2. The second kappa shape index (κ2) is 8.54. The van der Waals surface area contributed by atoms with E-state index < -0.39 is 39.6 Å². The number of fused-ring (bicyclic) bond motifs is 1. The van der Waals surface area contributed by atoms with Crippen molar-refractivity contribution in [2.75, 3.05) is 0 Å². The largest absolute Gasteiger partial charge is 0.523 e. The summed E-state index contributed by atoms with van der Waals surface area (Å²) >= 11 is 0. The quantitative estimate of drug-likeness (QED) is 0.377. The number of halogens is 3. The van der Waals surface area contributed by atoms with Crippen LogP contribution < -0.4 is 0 Å². The number of carbonyl (C=O) groups excluding carboxylic acids is 2. The lowest BCUT2D eigenvalue weighted by Gasteiger charge is -2.30. The maximum Gasteiger partial charge on any atom is 0.523 e. The van der Waals surface area contributed by atoms with Gasteiger partial charge >= 0.3 is 21.6 Å². The summed E-state index contributed by atoms with van der Waals surface area (Å²) in [5, 5.41) is 0. The molecule has 1 aromatic rings. The summed E-state index contributed by atoms with van der Waals surface area (Å²) in [7, 11) is -5.94. The van der Waals surface area contributed by atoms with E-state index in [1.165, 1.54) is 4.90 Å². The van der Waals surface area contributed by atoms with Gasteiger partial charge in [0.2, 0.25) is 0 Å². The van der Waals surface area contributed by atoms with E-state index in [0.29, 0.717) is 12.8 Å². The number of nitrogens with zero attached hydrogens (tertiary/aromatic N) is 1. The second-order valence-corrected chi connectivity index (χ2v) is 9.05. The highest BCUT2D eigenvalue weighted by molar-refractivity contribution is 7.87. The average Bonchev–Trinajstić information content (AvgIpc) is 3.26. The lowest BCUT2D eigenvalue weighted by atomic mass is 10.0. The molecule has 0 N–H and O–H groups in total. The lowest BCUT2D eigenvalue weighted by molar-refractivity contribution is -0.158. The summed E-state index contributed by atoms with van der Waals surface area (Å²) in [6.45, 7) is 0.919. The molecule has 0 spiro atoms. The number of alkyl halides is 3. The molecule has 30 heavy (non-hydrogen) atoms. The van der Waals surface area contributed by atoms with E-state index >= 15 is 0 Å². The van der Waals surface area contributed by atoms with E-state index in [9.17, 15) is 31.2 Å². The minimum absolute atomic E-state index is 0.00893. The smallest absolute Gasteiger partial charge is 0.459 e. The Morgan fingerprint density at radius 2 is 1.87 bits per heavy atom. The minimum Gasteiger partial charge on any atom is -0.459 e. The van der Waals surface area contributed by atoms with Gasteiger partial charge in [0.1, 0.15) is 12.6 Å². The van der Waals surface area contributed by atoms with Gasteiger partial charge in [0.05, 0.1) is 0 Å². The summed E-state index contributed by atoms with van der Waals surface area (Å²) in [4.78, 5) is 26.7. The number of hydrogen-bond donors (Lipinski definition) is 0.